The molecule has 1 N–H and O–H groups in total. The molecule has 0 saturated carbocycles. The van der Waals surface area contributed by atoms with Crippen molar-refractivity contribution in [3.8, 4) is 0 Å². The van der Waals surface area contributed by atoms with E-state index in [1.807, 2.05) is 27.7 Å². The molecule has 0 bridgehead atoms. The Kier molecular flexibility index (Phi) is 6.38. The molecule has 14 heavy (non-hydrogen) atoms. The first-order valence-electron chi connectivity index (χ1n) is 5.98. The van der Waals surface area contributed by atoms with E-state index in [0.29, 0.717) is 5.92 Å². The van der Waals surface area contributed by atoms with Crippen LogP contribution >= 0.6 is 0 Å². The van der Waals surface area contributed by atoms with Crippen LogP contribution in [0.5, 0.6) is 0 Å². The van der Waals surface area contributed by atoms with Crippen LogP contribution < -0.4 is 0 Å². The lowest BCUT2D eigenvalue weighted by Gasteiger charge is -2.37. The summed E-state index contributed by atoms with van der Waals surface area (Å²) in [6.07, 6.45) is 2.30. The van der Waals surface area contributed by atoms with Crippen LogP contribution in [0, 0.1) is 5.92 Å². The lowest BCUT2D eigenvalue weighted by Crippen LogP contribution is -2.41. The Balaban J connectivity index is 0.000000791. The molecule has 0 aromatic rings. The molecular weight excluding hydrogens is 174 g/mol. The standard InChI is InChI=1S/C10H21NO.C2H6/c1-4-11-7-5-9(6-8-11)10(2,3)12;1-2/h9,12H,4-8H2,1-3H3;1-2H3. The topological polar surface area (TPSA) is 23.5 Å². The second-order valence-corrected chi connectivity index (χ2v) is 4.36. The highest BCUT2D eigenvalue weighted by molar-refractivity contribution is 4.82. The van der Waals surface area contributed by atoms with Crippen molar-refractivity contribution >= 4 is 0 Å². The molecule has 86 valence electrons. The van der Waals surface area contributed by atoms with Crippen LogP contribution in [0.25, 0.3) is 0 Å². The average Bonchev–Trinajstić information content (AvgIpc) is 2.20. The summed E-state index contributed by atoms with van der Waals surface area (Å²) in [6.45, 7) is 13.5. The first-order chi connectivity index (χ1) is 6.54. The summed E-state index contributed by atoms with van der Waals surface area (Å²) in [7, 11) is 0. The monoisotopic (exact) mass is 201 g/mol. The van der Waals surface area contributed by atoms with Crippen LogP contribution in [-0.2, 0) is 0 Å². The molecule has 0 atom stereocenters. The zero-order valence-corrected chi connectivity index (χ0v) is 10.5. The van der Waals surface area contributed by atoms with E-state index in [4.69, 9.17) is 0 Å². The van der Waals surface area contributed by atoms with Crippen molar-refractivity contribution in [3.05, 3.63) is 0 Å². The quantitative estimate of drug-likeness (QED) is 0.742. The van der Waals surface area contributed by atoms with E-state index in [2.05, 4.69) is 11.8 Å². The number of hydrogen-bond acceptors (Lipinski definition) is 2. The normalized spacial score (nSPS) is 20.1. The fourth-order valence-corrected chi connectivity index (χ4v) is 1.96. The van der Waals surface area contributed by atoms with Crippen LogP contribution in [0.2, 0.25) is 0 Å². The summed E-state index contributed by atoms with van der Waals surface area (Å²) in [6, 6.07) is 0. The van der Waals surface area contributed by atoms with Gasteiger partial charge in [-0.1, -0.05) is 20.8 Å². The Morgan fingerprint density at radius 2 is 1.64 bits per heavy atom. The molecule has 1 saturated heterocycles. The maximum Gasteiger partial charge on any atom is 0.0620 e. The Hall–Kier alpha value is -0.0800. The van der Waals surface area contributed by atoms with Crippen LogP contribution in [0.3, 0.4) is 0 Å². The van der Waals surface area contributed by atoms with Crippen molar-refractivity contribution in [3.63, 3.8) is 0 Å². The van der Waals surface area contributed by atoms with Gasteiger partial charge in [-0.2, -0.15) is 0 Å². The van der Waals surface area contributed by atoms with Crippen molar-refractivity contribution in [1.29, 1.82) is 0 Å². The van der Waals surface area contributed by atoms with Crippen LogP contribution in [0.15, 0.2) is 0 Å². The third-order valence-corrected chi connectivity index (χ3v) is 3.03. The van der Waals surface area contributed by atoms with Gasteiger partial charge in [0.15, 0.2) is 0 Å². The fourth-order valence-electron chi connectivity index (χ4n) is 1.96. The Morgan fingerprint density at radius 3 is 1.93 bits per heavy atom. The van der Waals surface area contributed by atoms with Crippen molar-refractivity contribution in [2.45, 2.75) is 53.1 Å². The molecule has 0 spiro atoms. The molecule has 0 radical (unpaired) electrons. The summed E-state index contributed by atoms with van der Waals surface area (Å²) < 4.78 is 0. The van der Waals surface area contributed by atoms with Crippen molar-refractivity contribution < 1.29 is 5.11 Å². The predicted octanol–water partition coefficient (Wildman–Crippen LogP) is 2.52. The number of nitrogens with zero attached hydrogens (tertiary/aromatic N) is 1. The summed E-state index contributed by atoms with van der Waals surface area (Å²) >= 11 is 0. The van der Waals surface area contributed by atoms with E-state index in [9.17, 15) is 5.11 Å². The molecule has 1 aliphatic heterocycles. The second-order valence-electron chi connectivity index (χ2n) is 4.36. The molecule has 0 aromatic carbocycles. The summed E-state index contributed by atoms with van der Waals surface area (Å²) in [4.78, 5) is 2.45. The molecule has 1 fully saturated rings. The Morgan fingerprint density at radius 1 is 1.21 bits per heavy atom. The molecule has 0 aliphatic carbocycles. The van der Waals surface area contributed by atoms with Gasteiger partial charge in [0.2, 0.25) is 0 Å². The lowest BCUT2D eigenvalue weighted by atomic mass is 9.83. The smallest absolute Gasteiger partial charge is 0.0620 e. The SMILES string of the molecule is CC.CCN1CCC(C(C)(C)O)CC1. The first kappa shape index (κ1) is 13.9. The van der Waals surface area contributed by atoms with E-state index in [1.54, 1.807) is 0 Å². The van der Waals surface area contributed by atoms with E-state index >= 15 is 0 Å². The maximum absolute atomic E-state index is 9.78. The predicted molar refractivity (Wildman–Crippen MR) is 62.5 cm³/mol. The highest BCUT2D eigenvalue weighted by Crippen LogP contribution is 2.27. The van der Waals surface area contributed by atoms with Gasteiger partial charge in [0.05, 0.1) is 5.60 Å². The van der Waals surface area contributed by atoms with Gasteiger partial charge in [-0.3, -0.25) is 0 Å². The molecule has 0 amide bonds. The maximum atomic E-state index is 9.78. The molecule has 0 aromatic heterocycles. The Bertz CT molecular complexity index is 132. The molecule has 1 heterocycles. The largest absolute Gasteiger partial charge is 0.390 e. The molecule has 1 rings (SSSR count). The highest BCUT2D eigenvalue weighted by Gasteiger charge is 2.29. The van der Waals surface area contributed by atoms with Crippen molar-refractivity contribution in [2.75, 3.05) is 19.6 Å². The number of hydrogen-bond donors (Lipinski definition) is 1. The van der Waals surface area contributed by atoms with E-state index in [0.717, 1.165) is 32.5 Å². The van der Waals surface area contributed by atoms with Crippen LogP contribution in [0.1, 0.15) is 47.5 Å². The van der Waals surface area contributed by atoms with E-state index < -0.39 is 5.60 Å². The van der Waals surface area contributed by atoms with E-state index in [1.165, 1.54) is 0 Å². The highest BCUT2D eigenvalue weighted by atomic mass is 16.3. The summed E-state index contributed by atoms with van der Waals surface area (Å²) in [5.74, 6) is 0.500. The van der Waals surface area contributed by atoms with Gasteiger partial charge in [-0.25, -0.2) is 0 Å². The number of piperidine rings is 1. The van der Waals surface area contributed by atoms with Gasteiger partial charge in [0, 0.05) is 0 Å². The molecule has 2 heteroatoms. The minimum absolute atomic E-state index is 0.472. The lowest BCUT2D eigenvalue weighted by molar-refractivity contribution is -0.0118. The minimum atomic E-state index is -0.472. The molecular formula is C12H27NO. The van der Waals surface area contributed by atoms with E-state index in [-0.39, 0.29) is 0 Å². The number of likely N-dealkylation sites (tertiary alicyclic amines) is 1. The third-order valence-electron chi connectivity index (χ3n) is 3.03. The summed E-state index contributed by atoms with van der Waals surface area (Å²) in [5, 5.41) is 9.78. The Labute approximate surface area is 89.3 Å². The van der Waals surface area contributed by atoms with Crippen molar-refractivity contribution in [2.24, 2.45) is 5.92 Å². The average molecular weight is 201 g/mol. The third kappa shape index (κ3) is 4.43. The van der Waals surface area contributed by atoms with Gasteiger partial charge >= 0.3 is 0 Å². The van der Waals surface area contributed by atoms with Gasteiger partial charge in [0.25, 0.3) is 0 Å². The van der Waals surface area contributed by atoms with Gasteiger partial charge in [-0.05, 0) is 52.2 Å². The van der Waals surface area contributed by atoms with Gasteiger partial charge < -0.3 is 10.0 Å². The molecule has 1 aliphatic rings. The number of aliphatic hydroxyl groups is 1. The van der Waals surface area contributed by atoms with Gasteiger partial charge in [0.1, 0.15) is 0 Å². The van der Waals surface area contributed by atoms with Crippen LogP contribution in [0.4, 0.5) is 0 Å². The molecule has 0 unspecified atom stereocenters. The first-order valence-corrected chi connectivity index (χ1v) is 5.98. The number of rotatable bonds is 2. The van der Waals surface area contributed by atoms with Crippen LogP contribution in [-0.4, -0.2) is 35.2 Å². The zero-order valence-electron chi connectivity index (χ0n) is 10.5. The fraction of sp³-hybridized carbons (Fsp3) is 1.00. The minimum Gasteiger partial charge on any atom is -0.390 e. The van der Waals surface area contributed by atoms with Gasteiger partial charge in [-0.15, -0.1) is 0 Å². The summed E-state index contributed by atoms with van der Waals surface area (Å²) in [5.41, 5.74) is -0.472. The molecule has 2 nitrogen and oxygen atoms in total. The zero-order chi connectivity index (χ0) is 11.2. The van der Waals surface area contributed by atoms with Crippen molar-refractivity contribution in [1.82, 2.24) is 4.90 Å². The second kappa shape index (κ2) is 6.41.